The fraction of sp³-hybridized carbons (Fsp3) is 0.0704. The summed E-state index contributed by atoms with van der Waals surface area (Å²) in [5, 5.41) is 2.41. The summed E-state index contributed by atoms with van der Waals surface area (Å²) in [7, 11) is 4.25. The molecule has 0 fully saturated rings. The van der Waals surface area contributed by atoms with Gasteiger partial charge in [0.1, 0.15) is 12.7 Å². The van der Waals surface area contributed by atoms with E-state index in [9.17, 15) is 0 Å². The lowest BCUT2D eigenvalue weighted by Crippen LogP contribution is -2.30. The van der Waals surface area contributed by atoms with Crippen LogP contribution in [0.2, 0.25) is 0 Å². The Balaban J connectivity index is 0.880. The van der Waals surface area contributed by atoms with Gasteiger partial charge in [-0.25, -0.2) is 9.13 Å². The molecular weight excluding hydrogens is 923 g/mol. The minimum Gasteiger partial charge on any atom is -0.310 e. The number of nitrogens with zero attached hydrogens (tertiary/aromatic N) is 5. The molecule has 76 heavy (non-hydrogen) atoms. The zero-order valence-electron chi connectivity index (χ0n) is 43.1. The van der Waals surface area contributed by atoms with Crippen LogP contribution in [0.3, 0.4) is 0 Å². The van der Waals surface area contributed by atoms with Gasteiger partial charge in [-0.15, -0.1) is 0 Å². The Morgan fingerprint density at radius 2 is 0.803 bits per heavy atom. The van der Waals surface area contributed by atoms with E-state index in [2.05, 4.69) is 312 Å². The number of hydrogen-bond donors (Lipinski definition) is 0. The number of aromatic nitrogens is 4. The number of hydrogen-bond acceptors (Lipinski definition) is 1. The predicted molar refractivity (Wildman–Crippen MR) is 314 cm³/mol. The molecule has 5 nitrogen and oxygen atoms in total. The molecule has 0 unspecified atom stereocenters. The maximum Gasteiger partial charge on any atom is 0.294 e. The van der Waals surface area contributed by atoms with E-state index in [4.69, 9.17) is 0 Å². The van der Waals surface area contributed by atoms with Gasteiger partial charge in [0.2, 0.25) is 0 Å². The third-order valence-electron chi connectivity index (χ3n) is 16.0. The van der Waals surface area contributed by atoms with Crippen molar-refractivity contribution < 1.29 is 9.13 Å². The van der Waals surface area contributed by atoms with E-state index in [1.807, 2.05) is 0 Å². The van der Waals surface area contributed by atoms with Gasteiger partial charge >= 0.3 is 0 Å². The van der Waals surface area contributed by atoms with E-state index in [0.29, 0.717) is 0 Å². The first-order valence-electron chi connectivity index (χ1n) is 26.3. The fourth-order valence-electron chi connectivity index (χ4n) is 12.1. The molecular formula is C71H55N5+2. The van der Waals surface area contributed by atoms with Crippen LogP contribution in [0, 0.1) is 0 Å². The number of para-hydroxylation sites is 4. The summed E-state index contributed by atoms with van der Waals surface area (Å²) in [6, 6.07) is 91.4. The van der Waals surface area contributed by atoms with Crippen LogP contribution in [0.5, 0.6) is 0 Å². The first-order valence-corrected chi connectivity index (χ1v) is 26.3. The minimum atomic E-state index is -0.205. The molecule has 0 radical (unpaired) electrons. The highest BCUT2D eigenvalue weighted by Crippen LogP contribution is 2.52. The van der Waals surface area contributed by atoms with E-state index in [1.165, 1.54) is 82.9 Å². The van der Waals surface area contributed by atoms with Crippen molar-refractivity contribution >= 4 is 49.9 Å². The average molecular weight is 978 g/mol. The van der Waals surface area contributed by atoms with Crippen LogP contribution in [0.1, 0.15) is 25.0 Å². The number of benzene rings is 10. The molecule has 0 N–H and O–H groups in total. The van der Waals surface area contributed by atoms with Crippen LogP contribution in [0.15, 0.2) is 261 Å². The Morgan fingerprint density at radius 1 is 0.355 bits per heavy atom. The van der Waals surface area contributed by atoms with Crippen molar-refractivity contribution in [3.63, 3.8) is 0 Å². The number of rotatable bonds is 9. The molecule has 13 aromatic rings. The lowest BCUT2D eigenvalue weighted by molar-refractivity contribution is -0.671. The first kappa shape index (κ1) is 45.1. The first-order chi connectivity index (χ1) is 37.3. The van der Waals surface area contributed by atoms with Crippen molar-refractivity contribution in [3.05, 3.63) is 272 Å². The molecule has 1 aliphatic carbocycles. The zero-order valence-corrected chi connectivity index (χ0v) is 43.1. The van der Waals surface area contributed by atoms with Crippen molar-refractivity contribution in [3.8, 4) is 67.3 Å². The Kier molecular flexibility index (Phi) is 10.6. The molecule has 0 saturated heterocycles. The van der Waals surface area contributed by atoms with E-state index >= 15 is 0 Å². The monoisotopic (exact) mass is 977 g/mol. The van der Waals surface area contributed by atoms with E-state index < -0.39 is 0 Å². The maximum absolute atomic E-state index is 2.43. The Labute approximate surface area is 443 Å². The van der Waals surface area contributed by atoms with Gasteiger partial charge in [0.15, 0.2) is 23.4 Å². The van der Waals surface area contributed by atoms with Gasteiger partial charge in [-0.05, 0) is 165 Å². The quantitative estimate of drug-likeness (QED) is 0.132. The highest BCUT2D eigenvalue weighted by atomic mass is 15.2. The molecule has 0 aliphatic heterocycles. The summed E-state index contributed by atoms with van der Waals surface area (Å²) >= 11 is 0. The van der Waals surface area contributed by atoms with Crippen molar-refractivity contribution in [2.75, 3.05) is 4.90 Å². The van der Waals surface area contributed by atoms with Crippen molar-refractivity contribution in [2.45, 2.75) is 19.3 Å². The molecule has 0 saturated carbocycles. The second kappa shape index (κ2) is 17.8. The van der Waals surface area contributed by atoms with Crippen LogP contribution in [0.25, 0.3) is 100 Å². The highest BCUT2D eigenvalue weighted by Gasteiger charge is 2.36. The van der Waals surface area contributed by atoms with Gasteiger partial charge in [-0.1, -0.05) is 141 Å². The smallest absolute Gasteiger partial charge is 0.294 e. The molecule has 3 aromatic heterocycles. The Morgan fingerprint density at radius 3 is 1.45 bits per heavy atom. The largest absolute Gasteiger partial charge is 0.310 e. The van der Waals surface area contributed by atoms with Gasteiger partial charge < -0.3 is 9.47 Å². The summed E-state index contributed by atoms with van der Waals surface area (Å²) in [4.78, 5) is 2.42. The zero-order chi connectivity index (χ0) is 51.1. The van der Waals surface area contributed by atoms with Crippen molar-refractivity contribution in [1.29, 1.82) is 0 Å². The highest BCUT2D eigenvalue weighted by molar-refractivity contribution is 6.11. The lowest BCUT2D eigenvalue weighted by Gasteiger charge is -2.28. The third-order valence-corrected chi connectivity index (χ3v) is 16.0. The third kappa shape index (κ3) is 7.38. The minimum absolute atomic E-state index is 0.205. The number of aryl methyl sites for hydroxylation is 2. The number of fused-ring (bicyclic) bond motifs is 7. The van der Waals surface area contributed by atoms with Crippen LogP contribution in [0.4, 0.5) is 17.1 Å². The Hall–Kier alpha value is -9.58. The van der Waals surface area contributed by atoms with Crippen LogP contribution in [-0.2, 0) is 19.5 Å². The lowest BCUT2D eigenvalue weighted by atomic mass is 9.81. The topological polar surface area (TPSA) is 20.9 Å². The van der Waals surface area contributed by atoms with E-state index in [0.717, 1.165) is 45.4 Å². The number of imidazole rings is 1. The maximum atomic E-state index is 2.43. The average Bonchev–Trinajstić information content (AvgIpc) is 4.08. The SMILES string of the molecule is C[n+]1ccc(-c2ccc3c(c2)C(C)(C)c2cc(N(c4ccc(-c5ccccc5)cc4)c4ccc(-c5ccc6c(c5)c5cc(-c7n(-c8ccccc8)c8ccccc8[n+]7C)ccc5n6-c5ccccc5)cc4)ccc2-3)cc1. The summed E-state index contributed by atoms with van der Waals surface area (Å²) in [5.41, 5.74) is 23.7. The number of anilines is 3. The molecule has 10 aromatic carbocycles. The molecule has 0 amide bonds. The summed E-state index contributed by atoms with van der Waals surface area (Å²) in [5.74, 6) is 1.13. The molecule has 3 heterocycles. The molecule has 362 valence electrons. The molecule has 5 heteroatoms. The summed E-state index contributed by atoms with van der Waals surface area (Å²) in [6.07, 6.45) is 4.24. The summed E-state index contributed by atoms with van der Waals surface area (Å²) in [6.45, 7) is 4.76. The second-order valence-electron chi connectivity index (χ2n) is 20.8. The molecule has 0 spiro atoms. The number of pyridine rings is 1. The van der Waals surface area contributed by atoms with Gasteiger partial charge in [0, 0.05) is 51.1 Å². The van der Waals surface area contributed by atoms with Crippen molar-refractivity contribution in [2.24, 2.45) is 14.1 Å². The predicted octanol–water partition coefficient (Wildman–Crippen LogP) is 16.8. The Bertz CT molecular complexity index is 4340. The molecule has 14 rings (SSSR count). The molecule has 0 atom stereocenters. The standard InChI is InChI=1S/C71H55N5/c1-71(2)64-46-53(51-40-42-72(3)43-41-51)28-36-60(64)61-37-35-59(47-65(61)71)74(57-31-24-49(25-32-57)48-16-8-5-9-17-48)58-33-26-50(27-34-58)52-29-38-66-62(44-52)63-45-54(30-39-67(63)75(66)55-18-10-6-11-19-55)70-73(4)68-22-14-15-23-69(68)76(70)56-20-12-7-13-21-56/h5-47H,1-4H3/q+2. The van der Waals surface area contributed by atoms with Crippen LogP contribution >= 0.6 is 0 Å². The molecule has 0 bridgehead atoms. The second-order valence-corrected chi connectivity index (χ2v) is 20.8. The normalized spacial score (nSPS) is 12.6. The van der Waals surface area contributed by atoms with Crippen LogP contribution < -0.4 is 14.0 Å². The van der Waals surface area contributed by atoms with Gasteiger partial charge in [-0.2, -0.15) is 4.57 Å². The van der Waals surface area contributed by atoms with Crippen LogP contribution in [-0.4, -0.2) is 9.13 Å². The van der Waals surface area contributed by atoms with E-state index in [-0.39, 0.29) is 5.41 Å². The summed E-state index contributed by atoms with van der Waals surface area (Å²) < 4.78 is 9.22. The van der Waals surface area contributed by atoms with Crippen molar-refractivity contribution in [1.82, 2.24) is 9.13 Å². The fourth-order valence-corrected chi connectivity index (χ4v) is 12.1. The van der Waals surface area contributed by atoms with Gasteiger partial charge in [-0.3, -0.25) is 0 Å². The molecule has 1 aliphatic rings. The van der Waals surface area contributed by atoms with E-state index in [1.54, 1.807) is 0 Å². The van der Waals surface area contributed by atoms with Gasteiger partial charge in [0.25, 0.3) is 5.82 Å². The van der Waals surface area contributed by atoms with Gasteiger partial charge in [0.05, 0.1) is 23.6 Å².